The topological polar surface area (TPSA) is 56.5 Å². The molecular formula is C25H17N5. The van der Waals surface area contributed by atoms with Crippen molar-refractivity contribution >= 4 is 11.0 Å². The first-order chi connectivity index (χ1) is 14.8. The van der Waals surface area contributed by atoms with E-state index in [0.29, 0.717) is 0 Å². The van der Waals surface area contributed by atoms with E-state index in [1.165, 1.54) is 0 Å². The second kappa shape index (κ2) is 7.61. The van der Waals surface area contributed by atoms with E-state index < -0.39 is 0 Å². The standard InChI is InChI=1S/C25H17N5/c1-30-17-22(19-12-15-26-16-13-19)25(29-30)20-7-4-18(5-8-20)6-9-21-10-11-23-24(28-21)3-2-14-27-23/h2-5,7-8,10-17H,1H3. The number of hydrogen-bond donors (Lipinski definition) is 0. The van der Waals surface area contributed by atoms with E-state index in [0.717, 1.165) is 44.7 Å². The van der Waals surface area contributed by atoms with Crippen LogP contribution in [0.15, 0.2) is 85.5 Å². The molecule has 0 N–H and O–H groups in total. The van der Waals surface area contributed by atoms with E-state index in [-0.39, 0.29) is 0 Å². The number of rotatable bonds is 2. The van der Waals surface area contributed by atoms with Gasteiger partial charge in [-0.1, -0.05) is 18.1 Å². The maximum absolute atomic E-state index is 4.65. The van der Waals surface area contributed by atoms with E-state index in [4.69, 9.17) is 0 Å². The van der Waals surface area contributed by atoms with Gasteiger partial charge in [0, 0.05) is 48.5 Å². The minimum Gasteiger partial charge on any atom is -0.275 e. The molecule has 0 aliphatic rings. The summed E-state index contributed by atoms with van der Waals surface area (Å²) in [6, 6.07) is 19.8. The highest BCUT2D eigenvalue weighted by molar-refractivity contribution is 5.80. The Morgan fingerprint density at radius 1 is 0.767 bits per heavy atom. The molecule has 0 amide bonds. The van der Waals surface area contributed by atoms with Crippen molar-refractivity contribution in [2.24, 2.45) is 7.05 Å². The van der Waals surface area contributed by atoms with Gasteiger partial charge in [-0.05, 0) is 60.0 Å². The molecule has 5 rings (SSSR count). The SMILES string of the molecule is Cn1cc(-c2ccncc2)c(-c2ccc(C#Cc3ccc4ncccc4n3)cc2)n1. The highest BCUT2D eigenvalue weighted by Crippen LogP contribution is 2.30. The molecule has 4 heterocycles. The summed E-state index contributed by atoms with van der Waals surface area (Å²) in [5.74, 6) is 6.33. The van der Waals surface area contributed by atoms with Crippen LogP contribution in [0.25, 0.3) is 33.4 Å². The Kier molecular flexibility index (Phi) is 4.51. The second-order valence-corrected chi connectivity index (χ2v) is 6.87. The molecule has 0 atom stereocenters. The smallest absolute Gasteiger partial charge is 0.114 e. The van der Waals surface area contributed by atoms with Crippen LogP contribution in [0.2, 0.25) is 0 Å². The fraction of sp³-hybridized carbons (Fsp3) is 0.0400. The van der Waals surface area contributed by atoms with Crippen LogP contribution >= 0.6 is 0 Å². The lowest BCUT2D eigenvalue weighted by molar-refractivity contribution is 0.771. The number of fused-ring (bicyclic) bond motifs is 1. The van der Waals surface area contributed by atoms with Crippen LogP contribution in [0.3, 0.4) is 0 Å². The molecule has 142 valence electrons. The van der Waals surface area contributed by atoms with Crippen LogP contribution in [-0.2, 0) is 7.05 Å². The predicted octanol–water partition coefficient (Wildman–Crippen LogP) is 4.49. The predicted molar refractivity (Wildman–Crippen MR) is 117 cm³/mol. The van der Waals surface area contributed by atoms with Gasteiger partial charge in [0.1, 0.15) is 11.4 Å². The fourth-order valence-corrected chi connectivity index (χ4v) is 3.32. The number of aryl methyl sites for hydroxylation is 1. The summed E-state index contributed by atoms with van der Waals surface area (Å²) in [6.45, 7) is 0. The first-order valence-electron chi connectivity index (χ1n) is 9.54. The third-order valence-electron chi connectivity index (χ3n) is 4.77. The molecule has 0 unspecified atom stereocenters. The molecule has 4 aromatic heterocycles. The zero-order valence-corrected chi connectivity index (χ0v) is 16.3. The lowest BCUT2D eigenvalue weighted by Gasteiger charge is -2.03. The Morgan fingerprint density at radius 2 is 1.60 bits per heavy atom. The van der Waals surface area contributed by atoms with Crippen molar-refractivity contribution in [2.75, 3.05) is 0 Å². The molecule has 5 aromatic rings. The first kappa shape index (κ1) is 17.8. The van der Waals surface area contributed by atoms with Gasteiger partial charge in [0.2, 0.25) is 0 Å². The monoisotopic (exact) mass is 387 g/mol. The summed E-state index contributed by atoms with van der Waals surface area (Å²) in [5.41, 5.74) is 7.51. The summed E-state index contributed by atoms with van der Waals surface area (Å²) in [4.78, 5) is 12.9. The van der Waals surface area contributed by atoms with Gasteiger partial charge in [0.05, 0.1) is 11.0 Å². The van der Waals surface area contributed by atoms with Crippen molar-refractivity contribution in [2.45, 2.75) is 0 Å². The molecule has 0 radical (unpaired) electrons. The Labute approximate surface area is 174 Å². The van der Waals surface area contributed by atoms with Gasteiger partial charge in [-0.3, -0.25) is 14.6 Å². The van der Waals surface area contributed by atoms with Gasteiger partial charge in [0.15, 0.2) is 0 Å². The number of nitrogens with zero attached hydrogens (tertiary/aromatic N) is 5. The molecule has 0 fully saturated rings. The molecule has 5 heteroatoms. The van der Waals surface area contributed by atoms with Gasteiger partial charge in [-0.15, -0.1) is 0 Å². The van der Waals surface area contributed by atoms with Crippen LogP contribution < -0.4 is 0 Å². The zero-order valence-electron chi connectivity index (χ0n) is 16.3. The molecular weight excluding hydrogens is 370 g/mol. The Balaban J connectivity index is 1.44. The molecule has 0 aliphatic carbocycles. The van der Waals surface area contributed by atoms with Gasteiger partial charge < -0.3 is 0 Å². The summed E-state index contributed by atoms with van der Waals surface area (Å²) >= 11 is 0. The van der Waals surface area contributed by atoms with Crippen LogP contribution in [-0.4, -0.2) is 24.7 Å². The third kappa shape index (κ3) is 3.54. The van der Waals surface area contributed by atoms with Crippen molar-refractivity contribution in [3.8, 4) is 34.2 Å². The largest absolute Gasteiger partial charge is 0.275 e. The molecule has 0 saturated carbocycles. The molecule has 0 spiro atoms. The number of aromatic nitrogens is 5. The Morgan fingerprint density at radius 3 is 2.43 bits per heavy atom. The van der Waals surface area contributed by atoms with Crippen LogP contribution in [0.1, 0.15) is 11.3 Å². The third-order valence-corrected chi connectivity index (χ3v) is 4.77. The van der Waals surface area contributed by atoms with Gasteiger partial charge in [-0.2, -0.15) is 5.10 Å². The lowest BCUT2D eigenvalue weighted by Crippen LogP contribution is -1.88. The summed E-state index contributed by atoms with van der Waals surface area (Å²) in [6.07, 6.45) is 7.38. The van der Waals surface area contributed by atoms with E-state index >= 15 is 0 Å². The number of benzene rings is 1. The van der Waals surface area contributed by atoms with Crippen LogP contribution in [0.4, 0.5) is 0 Å². The molecule has 1 aromatic carbocycles. The number of hydrogen-bond acceptors (Lipinski definition) is 4. The summed E-state index contributed by atoms with van der Waals surface area (Å²) in [7, 11) is 1.93. The van der Waals surface area contributed by atoms with Gasteiger partial charge in [-0.25, -0.2) is 4.98 Å². The Hall–Kier alpha value is -4.30. The highest BCUT2D eigenvalue weighted by atomic mass is 15.2. The van der Waals surface area contributed by atoms with E-state index in [2.05, 4.69) is 44.0 Å². The molecule has 0 aliphatic heterocycles. The van der Waals surface area contributed by atoms with Gasteiger partial charge in [0.25, 0.3) is 0 Å². The average Bonchev–Trinajstić information content (AvgIpc) is 3.20. The quantitative estimate of drug-likeness (QED) is 0.419. The average molecular weight is 387 g/mol. The lowest BCUT2D eigenvalue weighted by atomic mass is 10.0. The summed E-state index contributed by atoms with van der Waals surface area (Å²) < 4.78 is 1.83. The van der Waals surface area contributed by atoms with E-state index in [9.17, 15) is 0 Å². The van der Waals surface area contributed by atoms with Crippen molar-refractivity contribution in [3.05, 3.63) is 96.7 Å². The molecule has 5 nitrogen and oxygen atoms in total. The van der Waals surface area contributed by atoms with Crippen molar-refractivity contribution < 1.29 is 0 Å². The summed E-state index contributed by atoms with van der Waals surface area (Å²) in [5, 5.41) is 4.65. The molecule has 0 saturated heterocycles. The van der Waals surface area contributed by atoms with Crippen molar-refractivity contribution in [1.29, 1.82) is 0 Å². The van der Waals surface area contributed by atoms with Crippen LogP contribution in [0.5, 0.6) is 0 Å². The normalized spacial score (nSPS) is 10.6. The minimum atomic E-state index is 0.726. The van der Waals surface area contributed by atoms with Crippen molar-refractivity contribution in [1.82, 2.24) is 24.7 Å². The van der Waals surface area contributed by atoms with E-state index in [1.54, 1.807) is 18.6 Å². The number of pyridine rings is 3. The van der Waals surface area contributed by atoms with Crippen LogP contribution in [0, 0.1) is 11.8 Å². The van der Waals surface area contributed by atoms with E-state index in [1.807, 2.05) is 66.5 Å². The minimum absolute atomic E-state index is 0.726. The fourth-order valence-electron chi connectivity index (χ4n) is 3.32. The molecule has 30 heavy (non-hydrogen) atoms. The Bertz CT molecular complexity index is 1390. The maximum Gasteiger partial charge on any atom is 0.114 e. The second-order valence-electron chi connectivity index (χ2n) is 6.87. The van der Waals surface area contributed by atoms with Crippen molar-refractivity contribution in [3.63, 3.8) is 0 Å². The zero-order chi connectivity index (χ0) is 20.3. The van der Waals surface area contributed by atoms with Gasteiger partial charge >= 0.3 is 0 Å². The highest BCUT2D eigenvalue weighted by Gasteiger charge is 2.11. The first-order valence-corrected chi connectivity index (χ1v) is 9.54. The molecule has 0 bridgehead atoms. The maximum atomic E-state index is 4.65.